The van der Waals surface area contributed by atoms with Gasteiger partial charge in [-0.05, 0) is 54.8 Å². The van der Waals surface area contributed by atoms with Gasteiger partial charge in [0.1, 0.15) is 5.75 Å². The van der Waals surface area contributed by atoms with Crippen molar-refractivity contribution in [3.63, 3.8) is 0 Å². The quantitative estimate of drug-likeness (QED) is 0.784. The van der Waals surface area contributed by atoms with E-state index in [0.29, 0.717) is 11.6 Å². The van der Waals surface area contributed by atoms with Gasteiger partial charge in [-0.2, -0.15) is 0 Å². The van der Waals surface area contributed by atoms with Crippen LogP contribution in [0.25, 0.3) is 0 Å². The zero-order valence-electron chi connectivity index (χ0n) is 14.2. The fourth-order valence-electron chi connectivity index (χ4n) is 3.32. The van der Waals surface area contributed by atoms with Gasteiger partial charge in [-0.1, -0.05) is 24.3 Å². The molecule has 4 nitrogen and oxygen atoms in total. The smallest absolute Gasteiger partial charge is 0.337 e. The Labute approximate surface area is 143 Å². The highest BCUT2D eigenvalue weighted by atomic mass is 16.5. The first-order chi connectivity index (χ1) is 11.7. The van der Waals surface area contributed by atoms with Crippen molar-refractivity contribution in [2.45, 2.75) is 25.4 Å². The summed E-state index contributed by atoms with van der Waals surface area (Å²) in [7, 11) is 3.09. The molecule has 0 spiro atoms. The molecule has 1 heterocycles. The Morgan fingerprint density at radius 2 is 1.79 bits per heavy atom. The second-order valence-electron chi connectivity index (χ2n) is 6.09. The lowest BCUT2D eigenvalue weighted by Gasteiger charge is -2.25. The number of hydrogen-bond donors (Lipinski definition) is 0. The van der Waals surface area contributed by atoms with Gasteiger partial charge in [0.2, 0.25) is 0 Å². The normalized spacial score (nSPS) is 17.7. The Balaban J connectivity index is 1.70. The Morgan fingerprint density at radius 1 is 1.08 bits per heavy atom. The lowest BCUT2D eigenvalue weighted by Crippen LogP contribution is -2.22. The summed E-state index contributed by atoms with van der Waals surface area (Å²) >= 11 is 0. The zero-order chi connectivity index (χ0) is 16.9. The third-order valence-electron chi connectivity index (χ3n) is 4.62. The van der Waals surface area contributed by atoms with Crippen molar-refractivity contribution in [1.82, 2.24) is 4.90 Å². The van der Waals surface area contributed by atoms with E-state index in [-0.39, 0.29) is 5.97 Å². The van der Waals surface area contributed by atoms with E-state index in [1.807, 2.05) is 36.4 Å². The predicted octanol–water partition coefficient (Wildman–Crippen LogP) is 3.82. The van der Waals surface area contributed by atoms with E-state index in [1.165, 1.54) is 31.1 Å². The molecule has 2 aromatic rings. The molecule has 1 aliphatic heterocycles. The van der Waals surface area contributed by atoms with Crippen LogP contribution < -0.4 is 4.74 Å². The van der Waals surface area contributed by atoms with E-state index >= 15 is 0 Å². The molecule has 0 aliphatic carbocycles. The number of nitrogens with zero attached hydrogens (tertiary/aromatic N) is 1. The molecule has 1 unspecified atom stereocenters. The first-order valence-corrected chi connectivity index (χ1v) is 8.26. The second-order valence-corrected chi connectivity index (χ2v) is 6.09. The van der Waals surface area contributed by atoms with E-state index in [9.17, 15) is 4.79 Å². The van der Waals surface area contributed by atoms with Crippen molar-refractivity contribution < 1.29 is 14.3 Å². The largest absolute Gasteiger partial charge is 0.497 e. The monoisotopic (exact) mass is 325 g/mol. The van der Waals surface area contributed by atoms with Crippen LogP contribution in [0.1, 0.15) is 40.4 Å². The first kappa shape index (κ1) is 16.5. The highest BCUT2D eigenvalue weighted by Gasteiger charge is 2.25. The van der Waals surface area contributed by atoms with Crippen LogP contribution in [-0.2, 0) is 11.3 Å². The zero-order valence-corrected chi connectivity index (χ0v) is 14.2. The molecular weight excluding hydrogens is 302 g/mol. The predicted molar refractivity (Wildman–Crippen MR) is 93.2 cm³/mol. The number of carbonyl (C=O) groups excluding carboxylic acids is 1. The SMILES string of the molecule is COC(=O)c1ccc(CN2CCCC2c2ccc(OC)cc2)cc1. The average Bonchev–Trinajstić information content (AvgIpc) is 3.10. The van der Waals surface area contributed by atoms with Crippen molar-refractivity contribution in [1.29, 1.82) is 0 Å². The van der Waals surface area contributed by atoms with Crippen molar-refractivity contribution in [2.75, 3.05) is 20.8 Å². The van der Waals surface area contributed by atoms with E-state index in [0.717, 1.165) is 18.8 Å². The number of methoxy groups -OCH3 is 2. The summed E-state index contributed by atoms with van der Waals surface area (Å²) in [6.45, 7) is 1.98. The number of likely N-dealkylation sites (tertiary alicyclic amines) is 1. The minimum absolute atomic E-state index is 0.293. The maximum absolute atomic E-state index is 11.5. The molecule has 24 heavy (non-hydrogen) atoms. The summed E-state index contributed by atoms with van der Waals surface area (Å²) in [5.74, 6) is 0.598. The maximum atomic E-state index is 11.5. The molecule has 0 aromatic heterocycles. The number of ether oxygens (including phenoxy) is 2. The topological polar surface area (TPSA) is 38.8 Å². The van der Waals surface area contributed by atoms with Crippen molar-refractivity contribution in [2.24, 2.45) is 0 Å². The third kappa shape index (κ3) is 3.60. The molecule has 2 aromatic carbocycles. The molecule has 0 bridgehead atoms. The molecule has 0 saturated carbocycles. The summed E-state index contributed by atoms with van der Waals surface area (Å²) in [5, 5.41) is 0. The van der Waals surface area contributed by atoms with Crippen LogP contribution in [-0.4, -0.2) is 31.6 Å². The second kappa shape index (κ2) is 7.49. The maximum Gasteiger partial charge on any atom is 0.337 e. The van der Waals surface area contributed by atoms with Gasteiger partial charge >= 0.3 is 5.97 Å². The molecule has 0 N–H and O–H groups in total. The van der Waals surface area contributed by atoms with Crippen LogP contribution >= 0.6 is 0 Å². The molecule has 0 radical (unpaired) electrons. The minimum Gasteiger partial charge on any atom is -0.497 e. The van der Waals surface area contributed by atoms with Gasteiger partial charge in [0.15, 0.2) is 0 Å². The standard InChI is InChI=1S/C20H23NO3/c1-23-18-11-9-16(10-12-18)19-4-3-13-21(19)14-15-5-7-17(8-6-15)20(22)24-2/h5-12,19H,3-4,13-14H2,1-2H3. The Hall–Kier alpha value is -2.33. The third-order valence-corrected chi connectivity index (χ3v) is 4.62. The molecule has 1 aliphatic rings. The first-order valence-electron chi connectivity index (χ1n) is 8.26. The molecule has 1 saturated heterocycles. The summed E-state index contributed by atoms with van der Waals surface area (Å²) in [6, 6.07) is 16.5. The van der Waals surface area contributed by atoms with Crippen LogP contribution in [0.4, 0.5) is 0 Å². The number of carbonyl (C=O) groups is 1. The molecule has 1 atom stereocenters. The Kier molecular flexibility index (Phi) is 5.16. The van der Waals surface area contributed by atoms with Gasteiger partial charge in [-0.15, -0.1) is 0 Å². The molecule has 4 heteroatoms. The number of benzene rings is 2. The van der Waals surface area contributed by atoms with E-state index in [1.54, 1.807) is 7.11 Å². The fourth-order valence-corrected chi connectivity index (χ4v) is 3.32. The summed E-state index contributed by atoms with van der Waals surface area (Å²) in [5.41, 5.74) is 3.14. The average molecular weight is 325 g/mol. The van der Waals surface area contributed by atoms with Crippen molar-refractivity contribution in [3.05, 3.63) is 65.2 Å². The Bertz CT molecular complexity index is 679. The fraction of sp³-hybridized carbons (Fsp3) is 0.350. The molecular formula is C20H23NO3. The summed E-state index contributed by atoms with van der Waals surface area (Å²) in [6.07, 6.45) is 2.38. The van der Waals surface area contributed by atoms with Crippen LogP contribution in [0.3, 0.4) is 0 Å². The lowest BCUT2D eigenvalue weighted by molar-refractivity contribution is 0.0600. The summed E-state index contributed by atoms with van der Waals surface area (Å²) in [4.78, 5) is 14.0. The molecule has 3 rings (SSSR count). The van der Waals surface area contributed by atoms with E-state index in [2.05, 4.69) is 17.0 Å². The van der Waals surface area contributed by atoms with Crippen molar-refractivity contribution >= 4 is 5.97 Å². The minimum atomic E-state index is -0.293. The Morgan fingerprint density at radius 3 is 2.42 bits per heavy atom. The van der Waals surface area contributed by atoms with Crippen LogP contribution in [0.2, 0.25) is 0 Å². The highest BCUT2D eigenvalue weighted by molar-refractivity contribution is 5.89. The van der Waals surface area contributed by atoms with Gasteiger partial charge in [-0.3, -0.25) is 4.90 Å². The lowest BCUT2D eigenvalue weighted by atomic mass is 10.0. The van der Waals surface area contributed by atoms with Crippen LogP contribution in [0, 0.1) is 0 Å². The van der Waals surface area contributed by atoms with Crippen LogP contribution in [0.5, 0.6) is 5.75 Å². The van der Waals surface area contributed by atoms with Gasteiger partial charge in [0, 0.05) is 12.6 Å². The molecule has 1 fully saturated rings. The highest BCUT2D eigenvalue weighted by Crippen LogP contribution is 2.33. The van der Waals surface area contributed by atoms with E-state index in [4.69, 9.17) is 9.47 Å². The van der Waals surface area contributed by atoms with Crippen molar-refractivity contribution in [3.8, 4) is 5.75 Å². The van der Waals surface area contributed by atoms with Gasteiger partial charge in [0.05, 0.1) is 19.8 Å². The number of esters is 1. The van der Waals surface area contributed by atoms with Gasteiger partial charge < -0.3 is 9.47 Å². The molecule has 126 valence electrons. The van der Waals surface area contributed by atoms with Crippen LogP contribution in [0.15, 0.2) is 48.5 Å². The summed E-state index contributed by atoms with van der Waals surface area (Å²) < 4.78 is 9.99. The number of rotatable bonds is 5. The molecule has 0 amide bonds. The van der Waals surface area contributed by atoms with Gasteiger partial charge in [0.25, 0.3) is 0 Å². The number of hydrogen-bond acceptors (Lipinski definition) is 4. The van der Waals surface area contributed by atoms with E-state index < -0.39 is 0 Å². The van der Waals surface area contributed by atoms with Gasteiger partial charge in [-0.25, -0.2) is 4.79 Å².